The molecule has 94 valence electrons. The van der Waals surface area contributed by atoms with E-state index in [2.05, 4.69) is 0 Å². The maximum Gasteiger partial charge on any atom is 0.126 e. The summed E-state index contributed by atoms with van der Waals surface area (Å²) in [4.78, 5) is 0. The van der Waals surface area contributed by atoms with Gasteiger partial charge in [-0.05, 0) is 41.8 Å². The largest absolute Gasteiger partial charge is 0.330 e. The highest BCUT2D eigenvalue weighted by atomic mass is 19.1. The van der Waals surface area contributed by atoms with E-state index in [0.29, 0.717) is 12.1 Å². The molecule has 1 unspecified atom stereocenters. The third-order valence-corrected chi connectivity index (χ3v) is 3.09. The lowest BCUT2D eigenvalue weighted by molar-refractivity contribution is 0.616. The molecule has 0 saturated carbocycles. The lowest BCUT2D eigenvalue weighted by Crippen LogP contribution is -2.14. The van der Waals surface area contributed by atoms with Crippen molar-refractivity contribution in [1.29, 1.82) is 0 Å². The van der Waals surface area contributed by atoms with Crippen molar-refractivity contribution in [3.8, 4) is 0 Å². The van der Waals surface area contributed by atoms with Crippen LogP contribution in [0.5, 0.6) is 0 Å². The van der Waals surface area contributed by atoms with Crippen LogP contribution in [0, 0.1) is 18.6 Å². The van der Waals surface area contributed by atoms with Crippen LogP contribution in [0.4, 0.5) is 8.78 Å². The monoisotopic (exact) mass is 247 g/mol. The highest BCUT2D eigenvalue weighted by Crippen LogP contribution is 2.25. The Balaban J connectivity index is 2.38. The zero-order chi connectivity index (χ0) is 13.1. The number of halogens is 2. The van der Waals surface area contributed by atoms with Crippen LogP contribution in [0.1, 0.15) is 22.6 Å². The average Bonchev–Trinajstić information content (AvgIpc) is 2.37. The zero-order valence-electron chi connectivity index (χ0n) is 10.2. The highest BCUT2D eigenvalue weighted by molar-refractivity contribution is 5.35. The van der Waals surface area contributed by atoms with Crippen molar-refractivity contribution in [2.75, 3.05) is 6.54 Å². The van der Waals surface area contributed by atoms with Crippen LogP contribution < -0.4 is 5.73 Å². The first kappa shape index (κ1) is 12.7. The van der Waals surface area contributed by atoms with Crippen LogP contribution in [0.25, 0.3) is 0 Å². The van der Waals surface area contributed by atoms with Crippen LogP contribution >= 0.6 is 0 Å². The van der Waals surface area contributed by atoms with E-state index in [1.54, 1.807) is 31.2 Å². The van der Waals surface area contributed by atoms with Gasteiger partial charge in [-0.15, -0.1) is 0 Å². The molecule has 18 heavy (non-hydrogen) atoms. The molecular formula is C15H15F2N. The Morgan fingerprint density at radius 2 is 1.61 bits per heavy atom. The highest BCUT2D eigenvalue weighted by Gasteiger charge is 2.13. The Morgan fingerprint density at radius 1 is 1.00 bits per heavy atom. The van der Waals surface area contributed by atoms with Crippen LogP contribution in [0.2, 0.25) is 0 Å². The Labute approximate surface area is 105 Å². The summed E-state index contributed by atoms with van der Waals surface area (Å²) in [6.07, 6.45) is 0. The first-order chi connectivity index (χ1) is 8.61. The SMILES string of the molecule is Cc1cc(C(CN)c2ccc(F)cc2)ccc1F. The molecule has 2 aromatic carbocycles. The molecule has 0 aliphatic carbocycles. The van der Waals surface area contributed by atoms with Gasteiger partial charge >= 0.3 is 0 Å². The summed E-state index contributed by atoms with van der Waals surface area (Å²) in [5.74, 6) is -0.539. The van der Waals surface area contributed by atoms with Gasteiger partial charge in [-0.3, -0.25) is 0 Å². The van der Waals surface area contributed by atoms with Gasteiger partial charge in [0.2, 0.25) is 0 Å². The lowest BCUT2D eigenvalue weighted by atomic mass is 9.90. The van der Waals surface area contributed by atoms with Crippen LogP contribution in [-0.2, 0) is 0 Å². The van der Waals surface area contributed by atoms with Gasteiger partial charge in [0.05, 0.1) is 0 Å². The predicted octanol–water partition coefficient (Wildman–Crippen LogP) is 3.36. The van der Waals surface area contributed by atoms with Gasteiger partial charge in [-0.1, -0.05) is 24.3 Å². The number of hydrogen-bond donors (Lipinski definition) is 1. The Kier molecular flexibility index (Phi) is 3.72. The molecule has 0 amide bonds. The van der Waals surface area contributed by atoms with Crippen molar-refractivity contribution in [3.05, 3.63) is 70.8 Å². The molecule has 3 heteroatoms. The molecule has 2 N–H and O–H groups in total. The number of hydrogen-bond acceptors (Lipinski definition) is 1. The Hall–Kier alpha value is -1.74. The van der Waals surface area contributed by atoms with Crippen molar-refractivity contribution in [3.63, 3.8) is 0 Å². The summed E-state index contributed by atoms with van der Waals surface area (Å²) in [6, 6.07) is 11.2. The van der Waals surface area contributed by atoms with Crippen LogP contribution in [0.15, 0.2) is 42.5 Å². The van der Waals surface area contributed by atoms with E-state index in [1.807, 2.05) is 0 Å². The van der Waals surface area contributed by atoms with Gasteiger partial charge < -0.3 is 5.73 Å². The Bertz CT molecular complexity index is 535. The second-order valence-electron chi connectivity index (χ2n) is 4.35. The van der Waals surface area contributed by atoms with E-state index < -0.39 is 0 Å². The molecule has 0 spiro atoms. The summed E-state index contributed by atoms with van der Waals surface area (Å²) in [5, 5.41) is 0. The van der Waals surface area contributed by atoms with Crippen molar-refractivity contribution in [2.24, 2.45) is 5.73 Å². The molecule has 0 fully saturated rings. The molecular weight excluding hydrogens is 232 g/mol. The average molecular weight is 247 g/mol. The summed E-state index contributed by atoms with van der Waals surface area (Å²) in [6.45, 7) is 2.12. The van der Waals surface area contributed by atoms with Crippen molar-refractivity contribution >= 4 is 0 Å². The molecule has 1 atom stereocenters. The fourth-order valence-electron chi connectivity index (χ4n) is 2.04. The quantitative estimate of drug-likeness (QED) is 0.884. The van der Waals surface area contributed by atoms with Gasteiger partial charge in [0.25, 0.3) is 0 Å². The fraction of sp³-hybridized carbons (Fsp3) is 0.200. The molecule has 0 saturated heterocycles. The molecule has 0 aromatic heterocycles. The molecule has 0 aliphatic rings. The molecule has 0 radical (unpaired) electrons. The Morgan fingerprint density at radius 3 is 2.17 bits per heavy atom. The first-order valence-corrected chi connectivity index (χ1v) is 5.83. The minimum absolute atomic E-state index is 0.0371. The second kappa shape index (κ2) is 5.27. The molecule has 1 nitrogen and oxygen atoms in total. The molecule has 0 heterocycles. The van der Waals surface area contributed by atoms with E-state index in [0.717, 1.165) is 11.1 Å². The fourth-order valence-corrected chi connectivity index (χ4v) is 2.04. The lowest BCUT2D eigenvalue weighted by Gasteiger charge is -2.16. The number of nitrogens with two attached hydrogens (primary N) is 1. The summed E-state index contributed by atoms with van der Waals surface area (Å²) in [5.41, 5.74) is 8.25. The van der Waals surface area contributed by atoms with E-state index in [-0.39, 0.29) is 17.6 Å². The number of aryl methyl sites for hydroxylation is 1. The van der Waals surface area contributed by atoms with E-state index in [9.17, 15) is 8.78 Å². The minimum atomic E-state index is -0.273. The third kappa shape index (κ3) is 2.57. The minimum Gasteiger partial charge on any atom is -0.330 e. The first-order valence-electron chi connectivity index (χ1n) is 5.83. The maximum absolute atomic E-state index is 13.2. The van der Waals surface area contributed by atoms with E-state index in [1.165, 1.54) is 18.2 Å². The zero-order valence-corrected chi connectivity index (χ0v) is 10.2. The molecule has 0 bridgehead atoms. The number of rotatable bonds is 3. The van der Waals surface area contributed by atoms with Crippen molar-refractivity contribution in [1.82, 2.24) is 0 Å². The van der Waals surface area contributed by atoms with Crippen molar-refractivity contribution in [2.45, 2.75) is 12.8 Å². The van der Waals surface area contributed by atoms with Crippen LogP contribution in [0.3, 0.4) is 0 Å². The third-order valence-electron chi connectivity index (χ3n) is 3.09. The van der Waals surface area contributed by atoms with Gasteiger partial charge in [0, 0.05) is 12.5 Å². The summed E-state index contributed by atoms with van der Waals surface area (Å²) < 4.78 is 26.1. The van der Waals surface area contributed by atoms with Crippen molar-refractivity contribution < 1.29 is 8.78 Å². The molecule has 2 rings (SSSR count). The van der Waals surface area contributed by atoms with Gasteiger partial charge in [-0.25, -0.2) is 8.78 Å². The van der Waals surface area contributed by atoms with E-state index in [4.69, 9.17) is 5.73 Å². The number of benzene rings is 2. The van der Waals surface area contributed by atoms with Gasteiger partial charge in [0.1, 0.15) is 11.6 Å². The molecule has 2 aromatic rings. The van der Waals surface area contributed by atoms with Crippen LogP contribution in [-0.4, -0.2) is 6.54 Å². The second-order valence-corrected chi connectivity index (χ2v) is 4.35. The maximum atomic E-state index is 13.2. The normalized spacial score (nSPS) is 12.4. The summed E-state index contributed by atoms with van der Waals surface area (Å²) >= 11 is 0. The topological polar surface area (TPSA) is 26.0 Å². The van der Waals surface area contributed by atoms with E-state index >= 15 is 0 Å². The predicted molar refractivity (Wildman–Crippen MR) is 68.4 cm³/mol. The summed E-state index contributed by atoms with van der Waals surface area (Å²) in [7, 11) is 0. The van der Waals surface area contributed by atoms with Gasteiger partial charge in [0.15, 0.2) is 0 Å². The smallest absolute Gasteiger partial charge is 0.126 e. The standard InChI is InChI=1S/C15H15F2N/c1-10-8-12(4-7-15(10)17)14(9-18)11-2-5-13(16)6-3-11/h2-8,14H,9,18H2,1H3. The van der Waals surface area contributed by atoms with Gasteiger partial charge in [-0.2, -0.15) is 0 Å². The molecule has 0 aliphatic heterocycles.